The molecule has 0 bridgehead atoms. The van der Waals surface area contributed by atoms with Crippen molar-refractivity contribution < 1.29 is 13.2 Å². The van der Waals surface area contributed by atoms with Gasteiger partial charge in [-0.3, -0.25) is 0 Å². The monoisotopic (exact) mass is 308 g/mol. The van der Waals surface area contributed by atoms with Gasteiger partial charge in [-0.2, -0.15) is 0 Å². The third-order valence-corrected chi connectivity index (χ3v) is 4.64. The molecule has 0 amide bonds. The quantitative estimate of drug-likeness (QED) is 0.588. The maximum absolute atomic E-state index is 12.4. The molecule has 21 heavy (non-hydrogen) atoms. The Morgan fingerprint density at radius 2 is 1.67 bits per heavy atom. The summed E-state index contributed by atoms with van der Waals surface area (Å²) in [4.78, 5) is 0.331. The first-order chi connectivity index (χ1) is 9.72. The maximum Gasteiger partial charge on any atom is 0.185 e. The lowest BCUT2D eigenvalue weighted by molar-refractivity contribution is 0.246. The van der Waals surface area contributed by atoms with Crippen LogP contribution in [0, 0.1) is 6.92 Å². The van der Waals surface area contributed by atoms with Gasteiger partial charge in [-0.05, 0) is 58.4 Å². The summed E-state index contributed by atoms with van der Waals surface area (Å²) < 4.78 is 30.5. The maximum atomic E-state index is 12.4. The minimum Gasteiger partial charge on any atom is -0.493 e. The number of allylic oxidation sites excluding steroid dienone is 2. The molecule has 0 unspecified atom stereocenters. The Bertz CT molecular complexity index is 627. The predicted octanol–water partition coefficient (Wildman–Crippen LogP) is 4.05. The van der Waals surface area contributed by atoms with Crippen molar-refractivity contribution in [2.45, 2.75) is 39.5 Å². The average Bonchev–Trinajstić information content (AvgIpc) is 2.37. The molecular formula is C17H24O3S. The van der Waals surface area contributed by atoms with Crippen LogP contribution in [0.5, 0.6) is 0 Å². The van der Waals surface area contributed by atoms with Crippen molar-refractivity contribution in [3.8, 4) is 0 Å². The van der Waals surface area contributed by atoms with E-state index in [1.165, 1.54) is 0 Å². The molecular weight excluding hydrogens is 284 g/mol. The fourth-order valence-corrected chi connectivity index (χ4v) is 3.08. The zero-order valence-electron chi connectivity index (χ0n) is 13.4. The van der Waals surface area contributed by atoms with Crippen molar-refractivity contribution in [2.75, 3.05) is 12.4 Å². The summed E-state index contributed by atoms with van der Waals surface area (Å²) in [6.07, 6.45) is 1.93. The molecule has 0 fully saturated rings. The van der Waals surface area contributed by atoms with Crippen molar-refractivity contribution in [1.82, 2.24) is 0 Å². The first-order valence-corrected chi connectivity index (χ1v) is 8.59. The van der Waals surface area contributed by atoms with Crippen molar-refractivity contribution in [3.63, 3.8) is 0 Å². The second kappa shape index (κ2) is 7.46. The topological polar surface area (TPSA) is 43.4 Å². The second-order valence-electron chi connectivity index (χ2n) is 5.59. The molecule has 0 aliphatic heterocycles. The van der Waals surface area contributed by atoms with Gasteiger partial charge in [-0.1, -0.05) is 23.3 Å². The summed E-state index contributed by atoms with van der Waals surface area (Å²) >= 11 is 0. The Morgan fingerprint density at radius 3 is 2.14 bits per heavy atom. The fraction of sp³-hybridized carbons (Fsp3) is 0.412. The molecule has 116 valence electrons. The Labute approximate surface area is 128 Å². The molecule has 0 radical (unpaired) electrons. The molecule has 0 spiro atoms. The van der Waals surface area contributed by atoms with Crippen LogP contribution < -0.4 is 0 Å². The van der Waals surface area contributed by atoms with Gasteiger partial charge in [0, 0.05) is 0 Å². The molecule has 0 aromatic heterocycles. The molecule has 0 aliphatic carbocycles. The molecule has 1 aromatic rings. The van der Waals surface area contributed by atoms with Gasteiger partial charge in [0.15, 0.2) is 9.84 Å². The summed E-state index contributed by atoms with van der Waals surface area (Å²) in [5.41, 5.74) is 3.06. The normalized spacial score (nSPS) is 10.9. The number of aryl methyl sites for hydroxylation is 1. The zero-order chi connectivity index (χ0) is 16.0. The Morgan fingerprint density at radius 1 is 1.10 bits per heavy atom. The van der Waals surface area contributed by atoms with Crippen LogP contribution >= 0.6 is 0 Å². The first kappa shape index (κ1) is 17.5. The number of ether oxygens (including phenoxy) is 1. The zero-order valence-corrected chi connectivity index (χ0v) is 14.3. The van der Waals surface area contributed by atoms with E-state index < -0.39 is 9.84 Å². The first-order valence-electron chi connectivity index (χ1n) is 6.94. The van der Waals surface area contributed by atoms with E-state index in [1.54, 1.807) is 24.3 Å². The van der Waals surface area contributed by atoms with Crippen LogP contribution in [0.2, 0.25) is 0 Å². The minimum absolute atomic E-state index is 0.102. The van der Waals surface area contributed by atoms with Gasteiger partial charge in [0.1, 0.15) is 18.1 Å². The van der Waals surface area contributed by atoms with Crippen LogP contribution in [-0.4, -0.2) is 20.8 Å². The van der Waals surface area contributed by atoms with E-state index in [1.807, 2.05) is 40.7 Å². The lowest BCUT2D eigenvalue weighted by atomic mass is 10.2. The Hall–Kier alpha value is -1.55. The highest BCUT2D eigenvalue weighted by atomic mass is 32.2. The molecule has 0 N–H and O–H groups in total. The number of hydrogen-bond donors (Lipinski definition) is 0. The van der Waals surface area contributed by atoms with Gasteiger partial charge in [-0.15, -0.1) is 0 Å². The summed E-state index contributed by atoms with van der Waals surface area (Å²) in [6, 6.07) is 6.89. The molecule has 0 aliphatic rings. The lowest BCUT2D eigenvalue weighted by Gasteiger charge is -2.12. The summed E-state index contributed by atoms with van der Waals surface area (Å²) in [5, 5.41) is 0. The van der Waals surface area contributed by atoms with Gasteiger partial charge in [0.25, 0.3) is 0 Å². The van der Waals surface area contributed by atoms with E-state index in [4.69, 9.17) is 4.74 Å². The standard InChI is InChI=1S/C17H24O3S/c1-13(2)10-11-20-17(14(3)4)12-21(18,19)16-8-6-15(5)7-9-16/h6-10H,11-12H2,1-5H3. The highest BCUT2D eigenvalue weighted by Crippen LogP contribution is 2.17. The van der Waals surface area contributed by atoms with E-state index in [-0.39, 0.29) is 5.75 Å². The van der Waals surface area contributed by atoms with E-state index in [0.29, 0.717) is 17.3 Å². The molecule has 0 heterocycles. The van der Waals surface area contributed by atoms with Crippen molar-refractivity contribution in [2.24, 2.45) is 0 Å². The Balaban J connectivity index is 2.91. The molecule has 0 atom stereocenters. The largest absolute Gasteiger partial charge is 0.493 e. The van der Waals surface area contributed by atoms with Crippen LogP contribution in [0.1, 0.15) is 33.3 Å². The van der Waals surface area contributed by atoms with Crippen LogP contribution in [0.3, 0.4) is 0 Å². The average molecular weight is 308 g/mol. The number of sulfone groups is 1. The number of benzene rings is 1. The molecule has 4 heteroatoms. The molecule has 1 aromatic carbocycles. The molecule has 0 saturated heterocycles. The fourth-order valence-electron chi connectivity index (χ4n) is 1.64. The molecule has 0 saturated carbocycles. The minimum atomic E-state index is -3.38. The predicted molar refractivity (Wildman–Crippen MR) is 87.0 cm³/mol. The highest BCUT2D eigenvalue weighted by molar-refractivity contribution is 7.91. The van der Waals surface area contributed by atoms with Crippen LogP contribution in [0.15, 0.2) is 52.1 Å². The third-order valence-electron chi connectivity index (χ3n) is 3.01. The SMILES string of the molecule is CC(C)=CCOC(CS(=O)(=O)c1ccc(C)cc1)=C(C)C. The number of rotatable bonds is 6. The summed E-state index contributed by atoms with van der Waals surface area (Å²) in [7, 11) is -3.38. The van der Waals surface area contributed by atoms with Crippen molar-refractivity contribution >= 4 is 9.84 Å². The highest BCUT2D eigenvalue weighted by Gasteiger charge is 2.18. The van der Waals surface area contributed by atoms with Crippen LogP contribution in [0.4, 0.5) is 0 Å². The smallest absolute Gasteiger partial charge is 0.185 e. The molecule has 1 rings (SSSR count). The molecule has 3 nitrogen and oxygen atoms in total. The summed E-state index contributed by atoms with van der Waals surface area (Å²) in [6.45, 7) is 10.0. The lowest BCUT2D eigenvalue weighted by Crippen LogP contribution is -2.12. The van der Waals surface area contributed by atoms with Crippen molar-refractivity contribution in [1.29, 1.82) is 0 Å². The van der Waals surface area contributed by atoms with Crippen LogP contribution in [0.25, 0.3) is 0 Å². The number of hydrogen-bond acceptors (Lipinski definition) is 3. The van der Waals surface area contributed by atoms with Gasteiger partial charge in [0.2, 0.25) is 0 Å². The van der Waals surface area contributed by atoms with Gasteiger partial charge >= 0.3 is 0 Å². The second-order valence-corrected chi connectivity index (χ2v) is 7.58. The van der Waals surface area contributed by atoms with E-state index in [0.717, 1.165) is 16.7 Å². The van der Waals surface area contributed by atoms with Gasteiger partial charge in [-0.25, -0.2) is 8.42 Å². The van der Waals surface area contributed by atoms with E-state index >= 15 is 0 Å². The van der Waals surface area contributed by atoms with E-state index in [2.05, 4.69) is 0 Å². The van der Waals surface area contributed by atoms with Crippen molar-refractivity contribution in [3.05, 3.63) is 52.8 Å². The summed E-state index contributed by atoms with van der Waals surface area (Å²) in [5.74, 6) is 0.419. The van der Waals surface area contributed by atoms with Crippen LogP contribution in [-0.2, 0) is 14.6 Å². The Kier molecular flexibility index (Phi) is 6.21. The van der Waals surface area contributed by atoms with E-state index in [9.17, 15) is 8.42 Å². The third kappa shape index (κ3) is 5.76. The van der Waals surface area contributed by atoms with Gasteiger partial charge < -0.3 is 4.74 Å². The van der Waals surface area contributed by atoms with Gasteiger partial charge in [0.05, 0.1) is 4.90 Å².